The summed E-state index contributed by atoms with van der Waals surface area (Å²) in [6.07, 6.45) is -0.693. The Hall–Kier alpha value is -2.91. The van der Waals surface area contributed by atoms with Crippen LogP contribution in [0.3, 0.4) is 0 Å². The molecule has 4 rings (SSSR count). The lowest BCUT2D eigenvalue weighted by molar-refractivity contribution is -0.122. The van der Waals surface area contributed by atoms with Crippen LogP contribution in [0.15, 0.2) is 41.3 Å². The van der Waals surface area contributed by atoms with E-state index in [2.05, 4.69) is 5.32 Å². The zero-order valence-electron chi connectivity index (χ0n) is 17.7. The quantitative estimate of drug-likeness (QED) is 0.784. The molecule has 2 amide bonds. The van der Waals surface area contributed by atoms with Crippen LogP contribution < -0.4 is 10.1 Å². The topological polar surface area (TPSA) is 96.0 Å². The normalized spacial score (nSPS) is 19.4. The van der Waals surface area contributed by atoms with E-state index in [4.69, 9.17) is 4.74 Å². The van der Waals surface area contributed by atoms with E-state index in [1.54, 1.807) is 36.9 Å². The molecule has 31 heavy (non-hydrogen) atoms. The molecule has 0 radical (unpaired) electrons. The van der Waals surface area contributed by atoms with Crippen LogP contribution in [0.5, 0.6) is 5.75 Å². The third kappa shape index (κ3) is 4.03. The van der Waals surface area contributed by atoms with Gasteiger partial charge >= 0.3 is 0 Å². The molecule has 1 fully saturated rings. The first kappa shape index (κ1) is 21.3. The first-order valence-electron chi connectivity index (χ1n) is 10.1. The molecular formula is C22H25N3O5S. The van der Waals surface area contributed by atoms with Crippen molar-refractivity contribution in [2.45, 2.75) is 31.8 Å². The summed E-state index contributed by atoms with van der Waals surface area (Å²) in [5.41, 5.74) is 2.66. The lowest BCUT2D eigenvalue weighted by atomic mass is 10.1. The van der Waals surface area contributed by atoms with E-state index in [1.165, 1.54) is 10.4 Å². The van der Waals surface area contributed by atoms with E-state index in [-0.39, 0.29) is 29.8 Å². The summed E-state index contributed by atoms with van der Waals surface area (Å²) >= 11 is 0. The summed E-state index contributed by atoms with van der Waals surface area (Å²) in [7, 11) is -3.77. The lowest BCUT2D eigenvalue weighted by Gasteiger charge is -2.34. The number of nitrogens with one attached hydrogen (secondary N) is 1. The van der Waals surface area contributed by atoms with Crippen LogP contribution in [0.25, 0.3) is 0 Å². The fourth-order valence-electron chi connectivity index (χ4n) is 3.77. The van der Waals surface area contributed by atoms with E-state index in [0.717, 1.165) is 5.56 Å². The average molecular weight is 444 g/mol. The van der Waals surface area contributed by atoms with Gasteiger partial charge in [0.1, 0.15) is 5.75 Å². The monoisotopic (exact) mass is 443 g/mol. The number of hydrogen-bond donors (Lipinski definition) is 1. The molecule has 0 saturated carbocycles. The van der Waals surface area contributed by atoms with Crippen LogP contribution >= 0.6 is 0 Å². The summed E-state index contributed by atoms with van der Waals surface area (Å²) in [4.78, 5) is 26.3. The minimum absolute atomic E-state index is 0.0971. The zero-order chi connectivity index (χ0) is 22.3. The van der Waals surface area contributed by atoms with Crippen molar-refractivity contribution >= 4 is 27.5 Å². The fourth-order valence-corrected chi connectivity index (χ4v) is 5.41. The maximum atomic E-state index is 13.3. The highest BCUT2D eigenvalue weighted by Crippen LogP contribution is 2.35. The molecule has 1 N–H and O–H groups in total. The van der Waals surface area contributed by atoms with Crippen molar-refractivity contribution in [3.05, 3.63) is 53.1 Å². The molecule has 2 heterocycles. The summed E-state index contributed by atoms with van der Waals surface area (Å²) in [6, 6.07) is 10.4. The second-order valence-corrected chi connectivity index (χ2v) is 9.83. The number of ether oxygens (including phenoxy) is 1. The maximum Gasteiger partial charge on any atom is 0.265 e. The van der Waals surface area contributed by atoms with Gasteiger partial charge in [0.15, 0.2) is 6.10 Å². The molecule has 2 aromatic rings. The van der Waals surface area contributed by atoms with E-state index in [0.29, 0.717) is 35.7 Å². The predicted molar refractivity (Wildman–Crippen MR) is 116 cm³/mol. The van der Waals surface area contributed by atoms with Crippen LogP contribution in [0, 0.1) is 13.8 Å². The molecule has 1 atom stereocenters. The van der Waals surface area contributed by atoms with Gasteiger partial charge in [-0.1, -0.05) is 17.7 Å². The highest BCUT2D eigenvalue weighted by molar-refractivity contribution is 7.89. The van der Waals surface area contributed by atoms with Crippen LogP contribution in [0.2, 0.25) is 0 Å². The number of rotatable bonds is 3. The Bertz CT molecular complexity index is 1140. The number of benzene rings is 2. The maximum absolute atomic E-state index is 13.3. The van der Waals surface area contributed by atoms with Crippen molar-refractivity contribution in [3.8, 4) is 5.75 Å². The van der Waals surface area contributed by atoms with E-state index >= 15 is 0 Å². The molecule has 1 saturated heterocycles. The Balaban J connectivity index is 1.51. The van der Waals surface area contributed by atoms with Crippen molar-refractivity contribution in [1.29, 1.82) is 0 Å². The number of aryl methyl sites for hydroxylation is 2. The molecule has 1 unspecified atom stereocenters. The number of carbonyl (C=O) groups is 2. The van der Waals surface area contributed by atoms with E-state index in [1.807, 2.05) is 19.1 Å². The van der Waals surface area contributed by atoms with Gasteiger partial charge in [-0.05, 0) is 44.5 Å². The van der Waals surface area contributed by atoms with E-state index in [9.17, 15) is 18.0 Å². The Kier molecular flexibility index (Phi) is 5.49. The largest absolute Gasteiger partial charge is 0.479 e. The van der Waals surface area contributed by atoms with Gasteiger partial charge in [-0.2, -0.15) is 4.31 Å². The van der Waals surface area contributed by atoms with Crippen molar-refractivity contribution in [3.63, 3.8) is 0 Å². The predicted octanol–water partition coefficient (Wildman–Crippen LogP) is 2.17. The average Bonchev–Trinajstić information content (AvgIpc) is 2.74. The van der Waals surface area contributed by atoms with Gasteiger partial charge < -0.3 is 15.0 Å². The van der Waals surface area contributed by atoms with Gasteiger partial charge in [0, 0.05) is 37.8 Å². The molecule has 2 aliphatic rings. The molecule has 0 aromatic heterocycles. The van der Waals surface area contributed by atoms with Crippen LogP contribution in [0.4, 0.5) is 5.69 Å². The third-order valence-corrected chi connectivity index (χ3v) is 7.69. The second-order valence-electron chi connectivity index (χ2n) is 7.93. The van der Waals surface area contributed by atoms with Crippen LogP contribution in [-0.2, 0) is 14.8 Å². The van der Waals surface area contributed by atoms with Gasteiger partial charge in [0.2, 0.25) is 10.0 Å². The molecule has 0 spiro atoms. The second kappa shape index (κ2) is 7.97. The number of anilines is 1. The molecule has 164 valence electrons. The molecular weight excluding hydrogens is 418 g/mol. The Morgan fingerprint density at radius 2 is 1.71 bits per heavy atom. The number of amides is 2. The molecule has 9 heteroatoms. The molecule has 8 nitrogen and oxygen atoms in total. The smallest absolute Gasteiger partial charge is 0.265 e. The Morgan fingerprint density at radius 1 is 1.06 bits per heavy atom. The van der Waals surface area contributed by atoms with Gasteiger partial charge in [-0.15, -0.1) is 0 Å². The molecule has 0 bridgehead atoms. The summed E-state index contributed by atoms with van der Waals surface area (Å²) in [6.45, 7) is 6.32. The first-order chi connectivity index (χ1) is 14.7. The summed E-state index contributed by atoms with van der Waals surface area (Å²) in [5.74, 6) is -0.0264. The summed E-state index contributed by atoms with van der Waals surface area (Å²) in [5, 5.41) is 2.73. The lowest BCUT2D eigenvalue weighted by Crippen LogP contribution is -2.50. The Labute approximate surface area is 181 Å². The van der Waals surface area contributed by atoms with Gasteiger partial charge in [-0.3, -0.25) is 9.59 Å². The fraction of sp³-hybridized carbons (Fsp3) is 0.364. The van der Waals surface area contributed by atoms with Crippen molar-refractivity contribution in [2.75, 3.05) is 31.5 Å². The molecule has 2 aromatic carbocycles. The summed E-state index contributed by atoms with van der Waals surface area (Å²) < 4.78 is 33.6. The van der Waals surface area contributed by atoms with Gasteiger partial charge in [-0.25, -0.2) is 8.42 Å². The van der Waals surface area contributed by atoms with Crippen molar-refractivity contribution in [1.82, 2.24) is 9.21 Å². The number of hydrogen-bond acceptors (Lipinski definition) is 5. The number of nitrogens with zero attached hydrogens (tertiary/aromatic N) is 2. The Morgan fingerprint density at radius 3 is 2.35 bits per heavy atom. The van der Waals surface area contributed by atoms with Gasteiger partial charge in [0.25, 0.3) is 11.8 Å². The van der Waals surface area contributed by atoms with E-state index < -0.39 is 16.1 Å². The third-order valence-electron chi connectivity index (χ3n) is 5.65. The number of carbonyl (C=O) groups excluding carboxylic acids is 2. The SMILES string of the molecule is Cc1ccc(C(=O)N2CCN(S(=O)(=O)c3cc4c(cc3C)NC(=O)C(C)O4)CC2)cc1. The van der Waals surface area contributed by atoms with Crippen LogP contribution in [0.1, 0.15) is 28.4 Å². The minimum atomic E-state index is -3.77. The zero-order valence-corrected chi connectivity index (χ0v) is 18.5. The number of sulfonamides is 1. The molecule has 2 aliphatic heterocycles. The standard InChI is InChI=1S/C22H25N3O5S/c1-14-4-6-17(7-5-14)22(27)24-8-10-25(11-9-24)31(28,29)20-13-19-18(12-15(20)2)23-21(26)16(3)30-19/h4-7,12-13,16H,8-11H2,1-3H3,(H,23,26). The molecule has 0 aliphatic carbocycles. The van der Waals surface area contributed by atoms with Gasteiger partial charge in [0.05, 0.1) is 10.6 Å². The highest BCUT2D eigenvalue weighted by Gasteiger charge is 2.33. The number of fused-ring (bicyclic) bond motifs is 1. The van der Waals surface area contributed by atoms with Crippen molar-refractivity contribution < 1.29 is 22.7 Å². The minimum Gasteiger partial charge on any atom is -0.479 e. The van der Waals surface area contributed by atoms with Crippen LogP contribution in [-0.4, -0.2) is 61.7 Å². The van der Waals surface area contributed by atoms with Crippen molar-refractivity contribution in [2.24, 2.45) is 0 Å². The highest BCUT2D eigenvalue weighted by atomic mass is 32.2. The number of piperazine rings is 1. The first-order valence-corrected chi connectivity index (χ1v) is 11.6.